The molecule has 2 bridgehead atoms. The number of fused-ring (bicyclic) bond motifs is 2. The third kappa shape index (κ3) is 2.49. The molecule has 5 nitrogen and oxygen atoms in total. The molecule has 18 heavy (non-hydrogen) atoms. The Morgan fingerprint density at radius 3 is 2.83 bits per heavy atom. The minimum absolute atomic E-state index is 0.0783. The first-order valence-electron chi connectivity index (χ1n) is 6.42. The first-order valence-corrected chi connectivity index (χ1v) is 6.42. The molecule has 5 heteroatoms. The number of esters is 1. The molecule has 1 fully saturated rings. The van der Waals surface area contributed by atoms with Crippen molar-refractivity contribution >= 4 is 12.1 Å². The summed E-state index contributed by atoms with van der Waals surface area (Å²) < 4.78 is 10.4. The van der Waals surface area contributed by atoms with Gasteiger partial charge < -0.3 is 9.47 Å². The summed E-state index contributed by atoms with van der Waals surface area (Å²) in [5.41, 5.74) is 0. The van der Waals surface area contributed by atoms with Crippen LogP contribution in [0.15, 0.2) is 12.2 Å². The van der Waals surface area contributed by atoms with Crippen molar-refractivity contribution in [3.8, 4) is 0 Å². The van der Waals surface area contributed by atoms with E-state index in [0.717, 1.165) is 12.8 Å². The van der Waals surface area contributed by atoms with Crippen LogP contribution in [0.2, 0.25) is 0 Å². The third-order valence-corrected chi connectivity index (χ3v) is 3.42. The fourth-order valence-corrected chi connectivity index (χ4v) is 2.74. The molecule has 100 valence electrons. The second-order valence-corrected chi connectivity index (χ2v) is 4.63. The van der Waals surface area contributed by atoms with Crippen LogP contribution in [0.25, 0.3) is 0 Å². The van der Waals surface area contributed by atoms with Gasteiger partial charge in [-0.2, -0.15) is 0 Å². The van der Waals surface area contributed by atoms with Crippen LogP contribution in [0.1, 0.15) is 33.1 Å². The van der Waals surface area contributed by atoms with Crippen LogP contribution in [-0.2, 0) is 14.3 Å². The number of carbonyl (C=O) groups excluding carboxylic acids is 2. The Bertz CT molecular complexity index is 366. The zero-order valence-electron chi connectivity index (χ0n) is 10.8. The fourth-order valence-electron chi connectivity index (χ4n) is 2.74. The first kappa shape index (κ1) is 12.9. The van der Waals surface area contributed by atoms with E-state index in [1.54, 1.807) is 11.8 Å². The molecule has 2 aliphatic heterocycles. The van der Waals surface area contributed by atoms with E-state index in [4.69, 9.17) is 9.47 Å². The Morgan fingerprint density at radius 2 is 2.17 bits per heavy atom. The molecule has 2 heterocycles. The zero-order valence-corrected chi connectivity index (χ0v) is 10.8. The highest BCUT2D eigenvalue weighted by Crippen LogP contribution is 2.32. The van der Waals surface area contributed by atoms with E-state index in [9.17, 15) is 9.59 Å². The van der Waals surface area contributed by atoms with Crippen molar-refractivity contribution in [3.05, 3.63) is 12.2 Å². The van der Waals surface area contributed by atoms with Crippen molar-refractivity contribution in [2.45, 2.75) is 51.3 Å². The summed E-state index contributed by atoms with van der Waals surface area (Å²) in [5.74, 6) is -0.295. The van der Waals surface area contributed by atoms with Gasteiger partial charge in [0.2, 0.25) is 0 Å². The molecule has 3 atom stereocenters. The Balaban J connectivity index is 2.15. The number of hydrogen-bond donors (Lipinski definition) is 0. The zero-order chi connectivity index (χ0) is 13.1. The molecule has 1 amide bonds. The van der Waals surface area contributed by atoms with E-state index in [2.05, 4.69) is 6.08 Å². The summed E-state index contributed by atoms with van der Waals surface area (Å²) in [5, 5.41) is 0. The summed E-state index contributed by atoms with van der Waals surface area (Å²) in [6, 6.07) is -0.00805. The largest absolute Gasteiger partial charge is 0.460 e. The molecule has 1 saturated heterocycles. The number of piperidine rings is 1. The topological polar surface area (TPSA) is 55.8 Å². The van der Waals surface area contributed by atoms with Crippen LogP contribution in [-0.4, -0.2) is 41.8 Å². The van der Waals surface area contributed by atoms with Crippen LogP contribution in [0.5, 0.6) is 0 Å². The molecule has 0 spiro atoms. The number of carbonyl (C=O) groups is 2. The molecule has 0 aromatic rings. The summed E-state index contributed by atoms with van der Waals surface area (Å²) in [6.45, 7) is 3.55. The number of rotatable bonds is 2. The van der Waals surface area contributed by atoms with Crippen molar-refractivity contribution in [1.82, 2.24) is 4.90 Å². The van der Waals surface area contributed by atoms with E-state index >= 15 is 0 Å². The van der Waals surface area contributed by atoms with Gasteiger partial charge >= 0.3 is 12.1 Å². The Hall–Kier alpha value is -1.52. The Labute approximate surface area is 107 Å². The van der Waals surface area contributed by atoms with Gasteiger partial charge in [0.15, 0.2) is 0 Å². The van der Waals surface area contributed by atoms with Crippen LogP contribution in [0.4, 0.5) is 4.79 Å². The summed E-state index contributed by atoms with van der Waals surface area (Å²) >= 11 is 0. The van der Waals surface area contributed by atoms with Gasteiger partial charge in [0.05, 0.1) is 18.7 Å². The average Bonchev–Trinajstić information content (AvgIpc) is 2.32. The molecule has 2 rings (SSSR count). The predicted molar refractivity (Wildman–Crippen MR) is 65.0 cm³/mol. The molecule has 0 unspecified atom stereocenters. The smallest absolute Gasteiger partial charge is 0.410 e. The molecule has 0 saturated carbocycles. The highest BCUT2D eigenvalue weighted by atomic mass is 16.6. The van der Waals surface area contributed by atoms with Crippen molar-refractivity contribution < 1.29 is 19.1 Å². The third-order valence-electron chi connectivity index (χ3n) is 3.42. The van der Waals surface area contributed by atoms with Gasteiger partial charge in [0.25, 0.3) is 0 Å². The maximum atomic E-state index is 12.0. The minimum atomic E-state index is -0.311. The maximum absolute atomic E-state index is 12.0. The maximum Gasteiger partial charge on any atom is 0.410 e. The van der Waals surface area contributed by atoms with E-state index in [0.29, 0.717) is 13.0 Å². The van der Waals surface area contributed by atoms with Gasteiger partial charge in [-0.15, -0.1) is 0 Å². The number of amides is 1. The molecule has 0 radical (unpaired) electrons. The van der Waals surface area contributed by atoms with Crippen LogP contribution in [0.3, 0.4) is 0 Å². The van der Waals surface area contributed by atoms with E-state index in [-0.39, 0.29) is 30.3 Å². The van der Waals surface area contributed by atoms with Crippen molar-refractivity contribution in [1.29, 1.82) is 0 Å². The fraction of sp³-hybridized carbons (Fsp3) is 0.692. The number of ether oxygens (including phenoxy) is 2. The molecule has 0 aromatic carbocycles. The number of nitrogens with zero attached hydrogens (tertiary/aromatic N) is 1. The highest BCUT2D eigenvalue weighted by Gasteiger charge is 2.42. The van der Waals surface area contributed by atoms with Crippen LogP contribution >= 0.6 is 0 Å². The van der Waals surface area contributed by atoms with Crippen LogP contribution in [0, 0.1) is 0 Å². The second kappa shape index (κ2) is 5.42. The van der Waals surface area contributed by atoms with E-state index in [1.165, 1.54) is 6.92 Å². The standard InChI is InChI=1S/C13H19NO4/c1-3-17-13(16)14-10-5-4-6-11(14)12(8-7-10)18-9(2)15/h4-5,10-12H,3,6-8H2,1-2H3/t10-,11+,12+/m0/s1. The lowest BCUT2D eigenvalue weighted by molar-refractivity contribution is -0.153. The second-order valence-electron chi connectivity index (χ2n) is 4.63. The van der Waals surface area contributed by atoms with Gasteiger partial charge in [0, 0.05) is 6.92 Å². The normalized spacial score (nSPS) is 29.9. The molecule has 0 aromatic heterocycles. The lowest BCUT2D eigenvalue weighted by Gasteiger charge is -2.45. The lowest BCUT2D eigenvalue weighted by atomic mass is 9.87. The van der Waals surface area contributed by atoms with Crippen molar-refractivity contribution in [3.63, 3.8) is 0 Å². The Kier molecular flexibility index (Phi) is 3.89. The Morgan fingerprint density at radius 1 is 1.39 bits per heavy atom. The molecule has 2 aliphatic rings. The van der Waals surface area contributed by atoms with Gasteiger partial charge in [-0.3, -0.25) is 9.69 Å². The van der Waals surface area contributed by atoms with Gasteiger partial charge in [-0.1, -0.05) is 12.2 Å². The predicted octanol–water partition coefficient (Wildman–Crippen LogP) is 1.87. The van der Waals surface area contributed by atoms with Gasteiger partial charge in [-0.25, -0.2) is 4.79 Å². The van der Waals surface area contributed by atoms with E-state index < -0.39 is 0 Å². The van der Waals surface area contributed by atoms with E-state index in [1.807, 2.05) is 6.08 Å². The van der Waals surface area contributed by atoms with Crippen LogP contribution < -0.4 is 0 Å². The molecular weight excluding hydrogens is 234 g/mol. The monoisotopic (exact) mass is 253 g/mol. The van der Waals surface area contributed by atoms with Gasteiger partial charge in [-0.05, 0) is 26.2 Å². The molecule has 0 aliphatic carbocycles. The summed E-state index contributed by atoms with van der Waals surface area (Å²) in [6.07, 6.45) is 5.89. The highest BCUT2D eigenvalue weighted by molar-refractivity contribution is 5.70. The quantitative estimate of drug-likeness (QED) is 0.557. The number of hydrogen-bond acceptors (Lipinski definition) is 4. The lowest BCUT2D eigenvalue weighted by Crippen LogP contribution is -2.57. The minimum Gasteiger partial charge on any atom is -0.460 e. The summed E-state index contributed by atoms with van der Waals surface area (Å²) in [7, 11) is 0. The SMILES string of the molecule is CCOC(=O)N1[C@@H]2CC=C[C@H]1CC[C@H]2OC(C)=O. The van der Waals surface area contributed by atoms with Gasteiger partial charge in [0.1, 0.15) is 6.10 Å². The molecule has 0 N–H and O–H groups in total. The first-order chi connectivity index (χ1) is 8.63. The summed E-state index contributed by atoms with van der Waals surface area (Å²) in [4.78, 5) is 24.8. The van der Waals surface area contributed by atoms with Crippen molar-refractivity contribution in [2.24, 2.45) is 0 Å². The average molecular weight is 253 g/mol. The van der Waals surface area contributed by atoms with Crippen molar-refractivity contribution in [2.75, 3.05) is 6.61 Å². The molecular formula is C13H19NO4.